The highest BCUT2D eigenvalue weighted by Gasteiger charge is 1.99. The molecule has 0 spiro atoms. The van der Waals surface area contributed by atoms with Crippen molar-refractivity contribution in [3.63, 3.8) is 0 Å². The van der Waals surface area contributed by atoms with Gasteiger partial charge in [0, 0.05) is 18.7 Å². The van der Waals surface area contributed by atoms with Crippen LogP contribution in [0, 0.1) is 0 Å². The number of hydrogen-bond acceptors (Lipinski definition) is 3. The van der Waals surface area contributed by atoms with Gasteiger partial charge in [-0.3, -0.25) is 0 Å². The smallest absolute Gasteiger partial charge is 0.149 e. The first-order valence-corrected chi connectivity index (χ1v) is 6.39. The summed E-state index contributed by atoms with van der Waals surface area (Å²) in [6.07, 6.45) is 0.441. The van der Waals surface area contributed by atoms with Gasteiger partial charge in [-0.05, 0) is 23.3 Å². The molecule has 0 fully saturated rings. The Balaban J connectivity index is 1.92. The molecule has 0 radical (unpaired) electrons. The van der Waals surface area contributed by atoms with Crippen LogP contribution in [0.2, 0.25) is 0 Å². The van der Waals surface area contributed by atoms with Crippen molar-refractivity contribution in [3.05, 3.63) is 65.7 Å². The monoisotopic (exact) mass is 274 g/mol. The Bertz CT molecular complexity index is 538. The van der Waals surface area contributed by atoms with E-state index in [-0.39, 0.29) is 5.17 Å². The van der Waals surface area contributed by atoms with Crippen LogP contribution in [-0.2, 0) is 13.0 Å². The van der Waals surface area contributed by atoms with E-state index in [1.807, 2.05) is 42.5 Å². The fraction of sp³-hybridized carbons (Fsp3) is 0.133. The Morgan fingerprint density at radius 3 is 2.32 bits per heavy atom. The van der Waals surface area contributed by atoms with Gasteiger partial charge in [-0.25, -0.2) is 0 Å². The molecular formula is C15H15ClN2O. The molecule has 0 heterocycles. The molecule has 0 aromatic heterocycles. The highest BCUT2D eigenvalue weighted by Crippen LogP contribution is 2.12. The molecule has 2 aromatic rings. The van der Waals surface area contributed by atoms with Gasteiger partial charge < -0.3 is 10.5 Å². The van der Waals surface area contributed by atoms with E-state index in [0.29, 0.717) is 6.42 Å². The summed E-state index contributed by atoms with van der Waals surface area (Å²) in [5.41, 5.74) is 3.29. The third-order valence-corrected chi connectivity index (χ3v) is 2.96. The van der Waals surface area contributed by atoms with E-state index in [1.165, 1.54) is 5.56 Å². The summed E-state index contributed by atoms with van der Waals surface area (Å²) in [6, 6.07) is 18.1. The second-order valence-corrected chi connectivity index (χ2v) is 4.63. The minimum Gasteiger partial charge on any atom is -0.410 e. The first-order chi connectivity index (χ1) is 9.28. The molecule has 98 valence electrons. The molecule has 2 N–H and O–H groups in total. The lowest BCUT2D eigenvalue weighted by atomic mass is 10.1. The molecule has 0 aliphatic carbocycles. The third kappa shape index (κ3) is 4.30. The molecule has 2 rings (SSSR count). The van der Waals surface area contributed by atoms with Gasteiger partial charge in [-0.2, -0.15) is 0 Å². The van der Waals surface area contributed by atoms with Crippen LogP contribution in [0.5, 0.6) is 0 Å². The Kier molecular flexibility index (Phi) is 4.81. The predicted octanol–water partition coefficient (Wildman–Crippen LogP) is 3.87. The van der Waals surface area contributed by atoms with Crippen LogP contribution in [-0.4, -0.2) is 10.4 Å². The second kappa shape index (κ2) is 6.81. The number of anilines is 1. The fourth-order valence-corrected chi connectivity index (χ4v) is 1.90. The minimum atomic E-state index is 0.185. The number of hydrogen-bond donors (Lipinski definition) is 2. The summed E-state index contributed by atoms with van der Waals surface area (Å²) in [6.45, 7) is 0.791. The molecule has 0 atom stereocenters. The Morgan fingerprint density at radius 1 is 1.00 bits per heavy atom. The lowest BCUT2D eigenvalue weighted by molar-refractivity contribution is 0.319. The maximum Gasteiger partial charge on any atom is 0.149 e. The minimum absolute atomic E-state index is 0.185. The number of rotatable bonds is 5. The Hall–Kier alpha value is -2.00. The van der Waals surface area contributed by atoms with Gasteiger partial charge in [0.1, 0.15) is 5.17 Å². The van der Waals surface area contributed by atoms with Gasteiger partial charge in [-0.1, -0.05) is 59.2 Å². The first-order valence-electron chi connectivity index (χ1n) is 6.01. The fourth-order valence-electron chi connectivity index (χ4n) is 1.74. The third-order valence-electron chi connectivity index (χ3n) is 2.75. The summed E-state index contributed by atoms with van der Waals surface area (Å²) in [4.78, 5) is 0. The Morgan fingerprint density at radius 2 is 1.68 bits per heavy atom. The molecule has 0 aliphatic rings. The topological polar surface area (TPSA) is 44.6 Å². The van der Waals surface area contributed by atoms with Crippen LogP contribution < -0.4 is 5.32 Å². The van der Waals surface area contributed by atoms with Gasteiger partial charge in [0.25, 0.3) is 0 Å². The summed E-state index contributed by atoms with van der Waals surface area (Å²) in [5.74, 6) is 0. The zero-order valence-electron chi connectivity index (χ0n) is 10.4. The lowest BCUT2D eigenvalue weighted by Crippen LogP contribution is -2.00. The van der Waals surface area contributed by atoms with Gasteiger partial charge in [0.15, 0.2) is 0 Å². The molecule has 0 saturated heterocycles. The zero-order chi connectivity index (χ0) is 13.5. The van der Waals surface area contributed by atoms with E-state index >= 15 is 0 Å². The molecule has 3 nitrogen and oxygen atoms in total. The van der Waals surface area contributed by atoms with Crippen LogP contribution >= 0.6 is 11.6 Å². The number of benzene rings is 2. The average Bonchev–Trinajstić information content (AvgIpc) is 2.47. The largest absolute Gasteiger partial charge is 0.410 e. The molecule has 0 unspecified atom stereocenters. The van der Waals surface area contributed by atoms with Crippen LogP contribution in [0.3, 0.4) is 0 Å². The maximum absolute atomic E-state index is 8.50. The van der Waals surface area contributed by atoms with Crippen molar-refractivity contribution in [2.45, 2.75) is 13.0 Å². The van der Waals surface area contributed by atoms with Crippen molar-refractivity contribution >= 4 is 22.5 Å². The van der Waals surface area contributed by atoms with Crippen LogP contribution in [0.1, 0.15) is 11.1 Å². The number of nitrogens with zero attached hydrogens (tertiary/aromatic N) is 1. The highest BCUT2D eigenvalue weighted by atomic mass is 35.5. The van der Waals surface area contributed by atoms with Crippen molar-refractivity contribution in [3.8, 4) is 0 Å². The van der Waals surface area contributed by atoms with Crippen LogP contribution in [0.15, 0.2) is 59.8 Å². The van der Waals surface area contributed by atoms with E-state index in [4.69, 9.17) is 16.8 Å². The normalized spacial score (nSPS) is 11.3. The second-order valence-electron chi connectivity index (χ2n) is 4.19. The molecule has 0 amide bonds. The van der Waals surface area contributed by atoms with Gasteiger partial charge in [-0.15, -0.1) is 0 Å². The van der Waals surface area contributed by atoms with Gasteiger partial charge in [0.05, 0.1) is 0 Å². The molecule has 0 bridgehead atoms. The number of halogens is 1. The van der Waals surface area contributed by atoms with Gasteiger partial charge in [0.2, 0.25) is 0 Å². The predicted molar refractivity (Wildman–Crippen MR) is 79.0 cm³/mol. The van der Waals surface area contributed by atoms with Crippen molar-refractivity contribution in [2.24, 2.45) is 5.16 Å². The number of nitrogens with one attached hydrogen (secondary N) is 1. The summed E-state index contributed by atoms with van der Waals surface area (Å²) in [5, 5.41) is 15.0. The van der Waals surface area contributed by atoms with E-state index in [1.54, 1.807) is 0 Å². The first kappa shape index (κ1) is 13.4. The summed E-state index contributed by atoms with van der Waals surface area (Å²) in [7, 11) is 0. The standard InChI is InChI=1S/C15H15ClN2O/c16-15(18-19)10-12-6-8-14(9-7-12)17-11-13-4-2-1-3-5-13/h1-9,17,19H,10-11H2/b18-15-. The summed E-state index contributed by atoms with van der Waals surface area (Å²) >= 11 is 5.67. The Labute approximate surface area is 117 Å². The van der Waals surface area contributed by atoms with E-state index < -0.39 is 0 Å². The van der Waals surface area contributed by atoms with Crippen LogP contribution in [0.4, 0.5) is 5.69 Å². The zero-order valence-corrected chi connectivity index (χ0v) is 11.1. The van der Waals surface area contributed by atoms with Gasteiger partial charge >= 0.3 is 0 Å². The summed E-state index contributed by atoms with van der Waals surface area (Å²) < 4.78 is 0. The average molecular weight is 275 g/mol. The number of oxime groups is 1. The van der Waals surface area contributed by atoms with Crippen molar-refractivity contribution in [1.82, 2.24) is 0 Å². The quantitative estimate of drug-likeness (QED) is 0.494. The van der Waals surface area contributed by atoms with Crippen molar-refractivity contribution < 1.29 is 5.21 Å². The van der Waals surface area contributed by atoms with E-state index in [9.17, 15) is 0 Å². The molecule has 0 aliphatic heterocycles. The maximum atomic E-state index is 8.50. The van der Waals surface area contributed by atoms with E-state index in [0.717, 1.165) is 17.8 Å². The van der Waals surface area contributed by atoms with E-state index in [2.05, 4.69) is 22.6 Å². The lowest BCUT2D eigenvalue weighted by Gasteiger charge is -2.07. The SMILES string of the molecule is O/N=C(\Cl)Cc1ccc(NCc2ccccc2)cc1. The van der Waals surface area contributed by atoms with Crippen molar-refractivity contribution in [2.75, 3.05) is 5.32 Å². The highest BCUT2D eigenvalue weighted by molar-refractivity contribution is 6.65. The molecule has 2 aromatic carbocycles. The molecule has 4 heteroatoms. The molecule has 0 saturated carbocycles. The van der Waals surface area contributed by atoms with Crippen LogP contribution in [0.25, 0.3) is 0 Å². The van der Waals surface area contributed by atoms with Crippen molar-refractivity contribution in [1.29, 1.82) is 0 Å². The molecule has 19 heavy (non-hydrogen) atoms. The molecular weight excluding hydrogens is 260 g/mol.